The number of carbonyl (C=O) groups excluding carboxylic acids is 2. The normalized spacial score (nSPS) is 17.6. The van der Waals surface area contributed by atoms with Gasteiger partial charge < -0.3 is 19.8 Å². The Bertz CT molecular complexity index is 2180. The minimum atomic E-state index is -0.0902. The van der Waals surface area contributed by atoms with Gasteiger partial charge >= 0.3 is 0 Å². The van der Waals surface area contributed by atoms with Crippen molar-refractivity contribution in [1.29, 1.82) is 0 Å². The number of aromatic amines is 2. The van der Waals surface area contributed by atoms with Crippen molar-refractivity contribution in [3.63, 3.8) is 0 Å². The first kappa shape index (κ1) is 29.9. The smallest absolute Gasteiger partial charge is 0.256 e. The Hall–Kier alpha value is -6.16. The van der Waals surface area contributed by atoms with Crippen LogP contribution in [0, 0.1) is 0 Å². The third-order valence-electron chi connectivity index (χ3n) is 10.0. The number of nitrogens with one attached hydrogen (secondary N) is 2. The minimum Gasteiger partial charge on any atom is -0.340 e. The van der Waals surface area contributed by atoms with Gasteiger partial charge in [-0.05, 0) is 96.5 Å². The van der Waals surface area contributed by atoms with Crippen LogP contribution in [0.5, 0.6) is 0 Å². The molecule has 2 saturated heterocycles. The molecule has 0 saturated carbocycles. The summed E-state index contributed by atoms with van der Waals surface area (Å²) in [6.45, 7) is 1.41. The molecule has 2 N–H and O–H groups in total. The summed E-state index contributed by atoms with van der Waals surface area (Å²) < 4.78 is 0. The molecule has 2 amide bonds. The number of hydrogen-bond acceptors (Lipinski definition) is 6. The predicted octanol–water partition coefficient (Wildman–Crippen LogP) is 7.52. The summed E-state index contributed by atoms with van der Waals surface area (Å²) in [4.78, 5) is 55.4. The highest BCUT2D eigenvalue weighted by Crippen LogP contribution is 2.36. The number of rotatable bonds is 6. The molecule has 9 rings (SSSR count). The summed E-state index contributed by atoms with van der Waals surface area (Å²) in [5, 5.41) is 0. The fraction of sp³-hybridized carbons (Fsp3) is 0.200. The first-order valence-electron chi connectivity index (χ1n) is 17.1. The minimum absolute atomic E-state index is 0.0114. The van der Waals surface area contributed by atoms with Crippen LogP contribution in [0.4, 0.5) is 0 Å². The Morgan fingerprint density at radius 3 is 1.44 bits per heavy atom. The molecule has 0 radical (unpaired) electrons. The number of H-pyrrole nitrogens is 2. The number of amides is 2. The highest BCUT2D eigenvalue weighted by Gasteiger charge is 2.34. The van der Waals surface area contributed by atoms with E-state index in [2.05, 4.69) is 68.5 Å². The van der Waals surface area contributed by atoms with Crippen LogP contribution >= 0.6 is 0 Å². The molecule has 50 heavy (non-hydrogen) atoms. The highest BCUT2D eigenvalue weighted by molar-refractivity contribution is 5.95. The van der Waals surface area contributed by atoms with Gasteiger partial charge in [0, 0.05) is 37.9 Å². The van der Waals surface area contributed by atoms with Crippen molar-refractivity contribution in [2.45, 2.75) is 37.8 Å². The van der Waals surface area contributed by atoms with Crippen molar-refractivity contribution >= 4 is 33.9 Å². The standard InChI is InChI=1S/C40H34N8O2/c49-39(29-5-1-17-41-23-29)47-19-3-7-35(47)37-43-31-15-13-27(21-33(31)45-37)25-9-11-26(12-10-25)28-14-16-32-34(22-28)46-38(44-32)36-8-4-20-48(36)40(50)30-6-2-18-42-24-30/h1-2,5-6,9-18,21-24,35-36H,3-4,7-8,19-20H2,(H,43,45)(H,44,46)/t35-,36-/m0/s1. The Kier molecular flexibility index (Phi) is 7.41. The molecular formula is C40H34N8O2. The summed E-state index contributed by atoms with van der Waals surface area (Å²) >= 11 is 0. The zero-order valence-corrected chi connectivity index (χ0v) is 27.3. The fourth-order valence-electron chi connectivity index (χ4n) is 7.49. The molecule has 4 aromatic heterocycles. The number of likely N-dealkylation sites (tertiary alicyclic amines) is 2. The van der Waals surface area contributed by atoms with E-state index < -0.39 is 0 Å². The molecule has 246 valence electrons. The first-order valence-corrected chi connectivity index (χ1v) is 17.1. The van der Waals surface area contributed by atoms with Gasteiger partial charge in [0.15, 0.2) is 0 Å². The Balaban J connectivity index is 0.932. The number of pyridine rings is 2. The molecule has 0 aliphatic carbocycles. The van der Waals surface area contributed by atoms with Gasteiger partial charge in [-0.25, -0.2) is 9.97 Å². The molecule has 2 aliphatic rings. The molecule has 2 atom stereocenters. The van der Waals surface area contributed by atoms with Crippen LogP contribution in [0.25, 0.3) is 44.3 Å². The van der Waals surface area contributed by atoms with Crippen LogP contribution in [-0.4, -0.2) is 64.6 Å². The lowest BCUT2D eigenvalue weighted by atomic mass is 10.00. The van der Waals surface area contributed by atoms with Crippen LogP contribution in [0.3, 0.4) is 0 Å². The van der Waals surface area contributed by atoms with E-state index in [4.69, 9.17) is 9.97 Å². The van der Waals surface area contributed by atoms with Crippen LogP contribution in [0.1, 0.15) is 70.1 Å². The second-order valence-corrected chi connectivity index (χ2v) is 13.1. The van der Waals surface area contributed by atoms with Crippen molar-refractivity contribution < 1.29 is 9.59 Å². The Morgan fingerprint density at radius 2 is 1.02 bits per heavy atom. The third-order valence-corrected chi connectivity index (χ3v) is 10.0. The summed E-state index contributed by atoms with van der Waals surface area (Å²) in [5.41, 5.74) is 9.25. The Morgan fingerprint density at radius 1 is 0.580 bits per heavy atom. The lowest BCUT2D eigenvalue weighted by molar-refractivity contribution is 0.0722. The number of aromatic nitrogens is 6. The molecule has 10 heteroatoms. The van der Waals surface area contributed by atoms with Crippen molar-refractivity contribution in [3.8, 4) is 22.3 Å². The monoisotopic (exact) mass is 658 g/mol. The van der Waals surface area contributed by atoms with Crippen LogP contribution < -0.4 is 0 Å². The van der Waals surface area contributed by atoms with E-state index in [0.29, 0.717) is 24.2 Å². The molecule has 7 aromatic rings. The van der Waals surface area contributed by atoms with Gasteiger partial charge in [0.2, 0.25) is 0 Å². The van der Waals surface area contributed by atoms with Crippen molar-refractivity contribution in [3.05, 3.63) is 132 Å². The van der Waals surface area contributed by atoms with E-state index >= 15 is 0 Å². The van der Waals surface area contributed by atoms with Gasteiger partial charge in [-0.3, -0.25) is 19.6 Å². The van der Waals surface area contributed by atoms with Crippen LogP contribution in [0.2, 0.25) is 0 Å². The van der Waals surface area contributed by atoms with Gasteiger partial charge in [0.05, 0.1) is 45.3 Å². The van der Waals surface area contributed by atoms with Crippen molar-refractivity contribution in [1.82, 2.24) is 39.7 Å². The molecule has 3 aromatic carbocycles. The first-order chi connectivity index (χ1) is 24.6. The predicted molar refractivity (Wildman–Crippen MR) is 191 cm³/mol. The average molecular weight is 659 g/mol. The molecule has 2 aliphatic heterocycles. The van der Waals surface area contributed by atoms with E-state index in [1.807, 2.05) is 34.1 Å². The third kappa shape index (κ3) is 5.38. The SMILES string of the molecule is O=C(c1cccnc1)N1CCC[C@H]1c1nc2ccc(-c3ccc(-c4ccc5nc([C@@H]6CCCN6C(=O)c6cccnc6)[nH]c5c4)cc3)cc2[nH]1. The van der Waals surface area contributed by atoms with E-state index in [-0.39, 0.29) is 23.9 Å². The van der Waals surface area contributed by atoms with Crippen LogP contribution in [0.15, 0.2) is 110 Å². The van der Waals surface area contributed by atoms with E-state index in [1.54, 1.807) is 36.9 Å². The molecular weight excluding hydrogens is 624 g/mol. The second-order valence-electron chi connectivity index (χ2n) is 13.1. The fourth-order valence-corrected chi connectivity index (χ4v) is 7.49. The molecule has 0 spiro atoms. The van der Waals surface area contributed by atoms with Crippen LogP contribution in [-0.2, 0) is 0 Å². The summed E-state index contributed by atoms with van der Waals surface area (Å²) in [6, 6.07) is 28.1. The largest absolute Gasteiger partial charge is 0.340 e. The zero-order valence-electron chi connectivity index (χ0n) is 27.3. The quantitative estimate of drug-likeness (QED) is 0.191. The maximum Gasteiger partial charge on any atom is 0.256 e. The van der Waals surface area contributed by atoms with E-state index in [0.717, 1.165) is 81.7 Å². The zero-order chi connectivity index (χ0) is 33.6. The summed E-state index contributed by atoms with van der Waals surface area (Å²) in [5.74, 6) is 1.62. The Labute approximate surface area is 288 Å². The highest BCUT2D eigenvalue weighted by atomic mass is 16.2. The van der Waals surface area contributed by atoms with Gasteiger partial charge in [0.25, 0.3) is 11.8 Å². The number of nitrogens with zero attached hydrogens (tertiary/aromatic N) is 6. The summed E-state index contributed by atoms with van der Waals surface area (Å²) in [7, 11) is 0. The van der Waals surface area contributed by atoms with E-state index in [1.165, 1.54) is 0 Å². The lowest BCUT2D eigenvalue weighted by Crippen LogP contribution is -2.31. The number of hydrogen-bond donors (Lipinski definition) is 2. The van der Waals surface area contributed by atoms with Gasteiger partial charge in [-0.2, -0.15) is 0 Å². The molecule has 2 fully saturated rings. The van der Waals surface area contributed by atoms with Gasteiger partial charge in [-0.1, -0.05) is 36.4 Å². The molecule has 10 nitrogen and oxygen atoms in total. The number of carbonyl (C=O) groups is 2. The maximum absolute atomic E-state index is 13.2. The van der Waals surface area contributed by atoms with Crippen molar-refractivity contribution in [2.24, 2.45) is 0 Å². The molecule has 0 unspecified atom stereocenters. The topological polar surface area (TPSA) is 124 Å². The number of benzene rings is 3. The molecule has 0 bridgehead atoms. The lowest BCUT2D eigenvalue weighted by Gasteiger charge is -2.23. The van der Waals surface area contributed by atoms with Gasteiger partial charge in [-0.15, -0.1) is 0 Å². The van der Waals surface area contributed by atoms with Gasteiger partial charge in [0.1, 0.15) is 11.6 Å². The second kappa shape index (κ2) is 12.4. The number of fused-ring (bicyclic) bond motifs is 2. The molecule has 6 heterocycles. The van der Waals surface area contributed by atoms with E-state index in [9.17, 15) is 9.59 Å². The number of imidazole rings is 2. The maximum atomic E-state index is 13.2. The van der Waals surface area contributed by atoms with Crippen molar-refractivity contribution in [2.75, 3.05) is 13.1 Å². The summed E-state index contributed by atoms with van der Waals surface area (Å²) in [6.07, 6.45) is 10.2. The average Bonchev–Trinajstić information content (AvgIpc) is 4.00.